The first kappa shape index (κ1) is 20.5. The number of hydrogen-bond donors (Lipinski definition) is 2. The average molecular weight is 397 g/mol. The highest BCUT2D eigenvalue weighted by Gasteiger charge is 2.50. The predicted molar refractivity (Wildman–Crippen MR) is 88.9 cm³/mol. The van der Waals surface area contributed by atoms with Gasteiger partial charge in [-0.25, -0.2) is 13.4 Å². The molecule has 0 aromatic carbocycles. The van der Waals surface area contributed by atoms with Crippen molar-refractivity contribution in [2.45, 2.75) is 44.8 Å². The van der Waals surface area contributed by atoms with Crippen LogP contribution >= 0.6 is 0 Å². The molecule has 0 atom stereocenters. The molecule has 0 saturated carbocycles. The fraction of sp³-hybridized carbons (Fsp3) is 0.714. The normalized spacial score (nSPS) is 18.2. The van der Waals surface area contributed by atoms with Gasteiger partial charge in [0.15, 0.2) is 5.96 Å². The second kappa shape index (κ2) is 7.82. The van der Waals surface area contributed by atoms with Gasteiger partial charge in [-0.15, -0.1) is 0 Å². The third-order valence-corrected chi connectivity index (χ3v) is 5.76. The number of hydrogen-bond acceptors (Lipinski definition) is 5. The molecule has 0 amide bonds. The zero-order valence-corrected chi connectivity index (χ0v) is 15.5. The summed E-state index contributed by atoms with van der Waals surface area (Å²) in [5, 5.41) is 6.08. The second-order valence-electron chi connectivity index (χ2n) is 5.94. The summed E-state index contributed by atoms with van der Waals surface area (Å²) in [5.41, 5.74) is -4.47. The Hall–Kier alpha value is -1.82. The highest BCUT2D eigenvalue weighted by molar-refractivity contribution is 7.90. The Morgan fingerprint density at radius 3 is 2.42 bits per heavy atom. The molecule has 1 aromatic heterocycles. The summed E-state index contributed by atoms with van der Waals surface area (Å²) < 4.78 is 66.5. The van der Waals surface area contributed by atoms with Crippen molar-refractivity contribution in [1.82, 2.24) is 19.9 Å². The topological polar surface area (TPSA) is 99.8 Å². The van der Waals surface area contributed by atoms with Crippen molar-refractivity contribution in [2.75, 3.05) is 20.1 Å². The van der Waals surface area contributed by atoms with E-state index in [2.05, 4.69) is 20.6 Å². The van der Waals surface area contributed by atoms with E-state index >= 15 is 0 Å². The lowest BCUT2D eigenvalue weighted by Gasteiger charge is -2.32. The molecule has 26 heavy (non-hydrogen) atoms. The summed E-state index contributed by atoms with van der Waals surface area (Å²) in [6.07, 6.45) is 0.487. The summed E-state index contributed by atoms with van der Waals surface area (Å²) in [6, 6.07) is -0.186. The fourth-order valence-corrected chi connectivity index (χ4v) is 3.53. The lowest BCUT2D eigenvalue weighted by molar-refractivity contribution is -0.0494. The molecule has 1 saturated heterocycles. The summed E-state index contributed by atoms with van der Waals surface area (Å²) in [5.74, 6) is 1.66. The smallest absolute Gasteiger partial charge is 0.444 e. The molecule has 148 valence electrons. The Labute approximate surface area is 149 Å². The number of aryl methyl sites for hydroxylation is 2. The maximum Gasteiger partial charge on any atom is 0.511 e. The van der Waals surface area contributed by atoms with E-state index < -0.39 is 15.5 Å². The Morgan fingerprint density at radius 2 is 1.96 bits per heavy atom. The molecule has 2 rings (SSSR count). The van der Waals surface area contributed by atoms with E-state index in [1.165, 1.54) is 0 Å². The molecule has 0 spiro atoms. The van der Waals surface area contributed by atoms with E-state index in [9.17, 15) is 21.6 Å². The minimum atomic E-state index is -5.27. The first-order chi connectivity index (χ1) is 12.0. The molecule has 0 bridgehead atoms. The molecule has 1 fully saturated rings. The minimum Gasteiger partial charge on any atom is -0.444 e. The molecule has 1 aliphatic rings. The molecule has 0 radical (unpaired) electrons. The van der Waals surface area contributed by atoms with Gasteiger partial charge < -0.3 is 15.1 Å². The Balaban J connectivity index is 1.85. The van der Waals surface area contributed by atoms with Crippen LogP contribution in [0.1, 0.15) is 30.2 Å². The Kier molecular flexibility index (Phi) is 6.17. The van der Waals surface area contributed by atoms with Crippen LogP contribution in [-0.2, 0) is 16.6 Å². The number of nitrogens with zero attached hydrogens (tertiary/aromatic N) is 3. The number of piperidine rings is 1. The van der Waals surface area contributed by atoms with Crippen molar-refractivity contribution in [3.05, 3.63) is 17.3 Å². The third kappa shape index (κ3) is 4.67. The van der Waals surface area contributed by atoms with Crippen LogP contribution in [0.4, 0.5) is 13.2 Å². The van der Waals surface area contributed by atoms with E-state index in [0.717, 1.165) is 11.5 Å². The highest BCUT2D eigenvalue weighted by atomic mass is 32.2. The monoisotopic (exact) mass is 397 g/mol. The van der Waals surface area contributed by atoms with Gasteiger partial charge in [-0.2, -0.15) is 17.5 Å². The van der Waals surface area contributed by atoms with E-state index in [0.29, 0.717) is 22.7 Å². The average Bonchev–Trinajstić information content (AvgIpc) is 2.89. The molecule has 1 aromatic rings. The summed E-state index contributed by atoms with van der Waals surface area (Å²) in [7, 11) is -3.71. The van der Waals surface area contributed by atoms with Gasteiger partial charge in [-0.1, -0.05) is 0 Å². The summed E-state index contributed by atoms with van der Waals surface area (Å²) >= 11 is 0. The molecule has 0 aliphatic carbocycles. The van der Waals surface area contributed by atoms with Crippen molar-refractivity contribution < 1.29 is 26.0 Å². The SMILES string of the molecule is CN=C(NCc1nc(C)c(C)o1)NC1CCN(S(=O)(=O)C(F)(F)F)CC1. The number of guanidine groups is 1. The first-order valence-corrected chi connectivity index (χ1v) is 9.45. The molecular formula is C14H22F3N5O3S. The quantitative estimate of drug-likeness (QED) is 0.586. The van der Waals surface area contributed by atoms with Crippen molar-refractivity contribution in [1.29, 1.82) is 0 Å². The standard InChI is InChI=1S/C14H22F3N5O3S/c1-9-10(2)25-12(20-9)8-19-13(18-3)21-11-4-6-22(7-5-11)26(23,24)14(15,16)17/h11H,4-8H2,1-3H3,(H2,18,19,21). The third-order valence-electron chi connectivity index (χ3n) is 4.13. The van der Waals surface area contributed by atoms with Crippen LogP contribution in [0.5, 0.6) is 0 Å². The van der Waals surface area contributed by atoms with Gasteiger partial charge >= 0.3 is 15.5 Å². The number of nitrogens with one attached hydrogen (secondary N) is 2. The number of halogens is 3. The Bertz CT molecular complexity index is 733. The van der Waals surface area contributed by atoms with Crippen molar-refractivity contribution in [3.8, 4) is 0 Å². The van der Waals surface area contributed by atoms with Crippen LogP contribution in [-0.4, -0.2) is 55.4 Å². The predicted octanol–water partition coefficient (Wildman–Crippen LogP) is 1.27. The maximum atomic E-state index is 12.6. The van der Waals surface area contributed by atoms with Gasteiger partial charge in [0.25, 0.3) is 0 Å². The fourth-order valence-electron chi connectivity index (χ4n) is 2.55. The zero-order valence-electron chi connectivity index (χ0n) is 14.7. The van der Waals surface area contributed by atoms with Gasteiger partial charge in [-0.05, 0) is 26.7 Å². The number of sulfonamides is 1. The molecule has 2 N–H and O–H groups in total. The van der Waals surface area contributed by atoms with Crippen LogP contribution in [0.25, 0.3) is 0 Å². The molecule has 1 aliphatic heterocycles. The van der Waals surface area contributed by atoms with Crippen LogP contribution in [0.2, 0.25) is 0 Å². The molecule has 0 unspecified atom stereocenters. The minimum absolute atomic E-state index is 0.186. The van der Waals surface area contributed by atoms with Crippen molar-refractivity contribution in [2.24, 2.45) is 4.99 Å². The highest BCUT2D eigenvalue weighted by Crippen LogP contribution is 2.28. The van der Waals surface area contributed by atoms with Gasteiger partial charge in [0, 0.05) is 26.2 Å². The number of alkyl halides is 3. The van der Waals surface area contributed by atoms with E-state index in [1.54, 1.807) is 7.05 Å². The number of oxazole rings is 1. The maximum absolute atomic E-state index is 12.6. The molecular weight excluding hydrogens is 375 g/mol. The largest absolute Gasteiger partial charge is 0.511 e. The van der Waals surface area contributed by atoms with Crippen molar-refractivity contribution in [3.63, 3.8) is 0 Å². The van der Waals surface area contributed by atoms with Crippen LogP contribution in [0.3, 0.4) is 0 Å². The van der Waals surface area contributed by atoms with E-state index in [-0.39, 0.29) is 32.0 Å². The van der Waals surface area contributed by atoms with Crippen LogP contribution < -0.4 is 10.6 Å². The van der Waals surface area contributed by atoms with Gasteiger partial charge in [-0.3, -0.25) is 4.99 Å². The Morgan fingerprint density at radius 1 is 1.35 bits per heavy atom. The zero-order chi connectivity index (χ0) is 19.5. The van der Waals surface area contributed by atoms with E-state index in [4.69, 9.17) is 4.42 Å². The second-order valence-corrected chi connectivity index (χ2v) is 7.87. The molecule has 12 heteroatoms. The first-order valence-electron chi connectivity index (χ1n) is 8.01. The number of aromatic nitrogens is 1. The van der Waals surface area contributed by atoms with Crippen LogP contribution in [0.15, 0.2) is 9.41 Å². The van der Waals surface area contributed by atoms with Gasteiger partial charge in [0.1, 0.15) is 5.76 Å². The summed E-state index contributed by atoms with van der Waals surface area (Å²) in [6.45, 7) is 3.54. The number of rotatable bonds is 4. The number of aliphatic imine (C=N–C) groups is 1. The van der Waals surface area contributed by atoms with Gasteiger partial charge in [0.2, 0.25) is 5.89 Å². The molecule has 2 heterocycles. The van der Waals surface area contributed by atoms with Crippen molar-refractivity contribution >= 4 is 16.0 Å². The van der Waals surface area contributed by atoms with Crippen LogP contribution in [0, 0.1) is 13.8 Å². The molecule has 8 nitrogen and oxygen atoms in total. The van der Waals surface area contributed by atoms with E-state index in [1.807, 2.05) is 13.8 Å². The summed E-state index contributed by atoms with van der Waals surface area (Å²) in [4.78, 5) is 8.28. The lowest BCUT2D eigenvalue weighted by atomic mass is 10.1. The lowest BCUT2D eigenvalue weighted by Crippen LogP contribution is -2.51. The van der Waals surface area contributed by atoms with Gasteiger partial charge in [0.05, 0.1) is 12.2 Å².